The van der Waals surface area contributed by atoms with Crippen molar-refractivity contribution in [1.82, 2.24) is 9.80 Å². The van der Waals surface area contributed by atoms with Crippen molar-refractivity contribution >= 4 is 0 Å². The molecule has 1 unspecified atom stereocenters. The van der Waals surface area contributed by atoms with Crippen LogP contribution in [0.2, 0.25) is 0 Å². The van der Waals surface area contributed by atoms with Crippen LogP contribution >= 0.6 is 0 Å². The molecule has 0 aliphatic carbocycles. The highest BCUT2D eigenvalue weighted by Gasteiger charge is 2.07. The molecule has 0 fully saturated rings. The summed E-state index contributed by atoms with van der Waals surface area (Å²) in [6.45, 7) is 18.7. The fourth-order valence-electron chi connectivity index (χ4n) is 2.22. The quantitative estimate of drug-likeness (QED) is 0.567. The Hall–Kier alpha value is -0.0800. The Morgan fingerprint density at radius 1 is 0.812 bits per heavy atom. The summed E-state index contributed by atoms with van der Waals surface area (Å²) in [5.74, 6) is 0.843. The van der Waals surface area contributed by atoms with Crippen LogP contribution in [-0.2, 0) is 0 Å². The van der Waals surface area contributed by atoms with Gasteiger partial charge in [-0.05, 0) is 51.5 Å². The zero-order valence-electron chi connectivity index (χ0n) is 12.1. The van der Waals surface area contributed by atoms with Crippen LogP contribution in [0, 0.1) is 5.92 Å². The zero-order chi connectivity index (χ0) is 12.4. The highest BCUT2D eigenvalue weighted by Crippen LogP contribution is 2.08. The van der Waals surface area contributed by atoms with E-state index in [9.17, 15) is 0 Å². The summed E-state index contributed by atoms with van der Waals surface area (Å²) >= 11 is 0. The van der Waals surface area contributed by atoms with E-state index in [-0.39, 0.29) is 0 Å². The van der Waals surface area contributed by atoms with E-state index in [0.29, 0.717) is 0 Å². The molecule has 2 heteroatoms. The maximum Gasteiger partial charge on any atom is 0.000679 e. The first-order chi connectivity index (χ1) is 7.67. The molecule has 0 aromatic heterocycles. The van der Waals surface area contributed by atoms with Crippen molar-refractivity contribution in [2.24, 2.45) is 5.92 Å². The monoisotopic (exact) mass is 228 g/mol. The Morgan fingerprint density at radius 2 is 1.31 bits per heavy atom. The van der Waals surface area contributed by atoms with Crippen molar-refractivity contribution in [1.29, 1.82) is 0 Å². The van der Waals surface area contributed by atoms with E-state index in [1.165, 1.54) is 52.1 Å². The lowest BCUT2D eigenvalue weighted by Gasteiger charge is -2.24. The lowest BCUT2D eigenvalue weighted by molar-refractivity contribution is 0.239. The van der Waals surface area contributed by atoms with E-state index in [1.54, 1.807) is 0 Å². The molecule has 0 bridgehead atoms. The summed E-state index contributed by atoms with van der Waals surface area (Å²) in [6, 6.07) is 0. The molecule has 0 saturated heterocycles. The van der Waals surface area contributed by atoms with Crippen molar-refractivity contribution in [2.45, 2.75) is 47.5 Å². The number of rotatable bonds is 10. The van der Waals surface area contributed by atoms with Crippen LogP contribution in [0.5, 0.6) is 0 Å². The summed E-state index contributed by atoms with van der Waals surface area (Å²) in [5, 5.41) is 0. The van der Waals surface area contributed by atoms with Crippen molar-refractivity contribution in [3.05, 3.63) is 0 Å². The van der Waals surface area contributed by atoms with Gasteiger partial charge in [0, 0.05) is 6.54 Å². The molecule has 0 radical (unpaired) electrons. The maximum absolute atomic E-state index is 2.53. The van der Waals surface area contributed by atoms with Crippen molar-refractivity contribution in [2.75, 3.05) is 39.3 Å². The van der Waals surface area contributed by atoms with Gasteiger partial charge < -0.3 is 9.80 Å². The van der Waals surface area contributed by atoms with Crippen LogP contribution in [0.3, 0.4) is 0 Å². The van der Waals surface area contributed by atoms with Crippen LogP contribution < -0.4 is 0 Å². The molecule has 0 heterocycles. The minimum Gasteiger partial charge on any atom is -0.304 e. The molecule has 0 spiro atoms. The molecular weight excluding hydrogens is 196 g/mol. The summed E-state index contributed by atoms with van der Waals surface area (Å²) in [4.78, 5) is 5.05. The Morgan fingerprint density at radius 3 is 1.75 bits per heavy atom. The first-order valence-electron chi connectivity index (χ1n) is 7.12. The second-order valence-corrected chi connectivity index (χ2v) is 4.76. The SMILES string of the molecule is CCN(CC)CCCC(C)CN(CC)CC. The second kappa shape index (κ2) is 10.1. The highest BCUT2D eigenvalue weighted by atomic mass is 15.1. The maximum atomic E-state index is 2.53. The summed E-state index contributed by atoms with van der Waals surface area (Å²) in [6.07, 6.45) is 2.72. The number of hydrogen-bond acceptors (Lipinski definition) is 2. The topological polar surface area (TPSA) is 6.48 Å². The largest absolute Gasteiger partial charge is 0.304 e. The minimum atomic E-state index is 0.843. The Balaban J connectivity index is 3.60. The summed E-state index contributed by atoms with van der Waals surface area (Å²) < 4.78 is 0. The zero-order valence-corrected chi connectivity index (χ0v) is 12.1. The van der Waals surface area contributed by atoms with Crippen LogP contribution in [0.4, 0.5) is 0 Å². The molecule has 0 aliphatic heterocycles. The van der Waals surface area contributed by atoms with Gasteiger partial charge in [-0.25, -0.2) is 0 Å². The Labute approximate surface area is 103 Å². The van der Waals surface area contributed by atoms with Crippen LogP contribution in [-0.4, -0.2) is 49.1 Å². The molecule has 1 atom stereocenters. The van der Waals surface area contributed by atoms with E-state index >= 15 is 0 Å². The Bertz CT molecular complexity index is 140. The van der Waals surface area contributed by atoms with Gasteiger partial charge in [0.05, 0.1) is 0 Å². The van der Waals surface area contributed by atoms with Crippen molar-refractivity contribution < 1.29 is 0 Å². The van der Waals surface area contributed by atoms with Crippen LogP contribution in [0.1, 0.15) is 47.5 Å². The predicted octanol–water partition coefficient (Wildman–Crippen LogP) is 3.09. The van der Waals surface area contributed by atoms with Gasteiger partial charge in [0.25, 0.3) is 0 Å². The number of hydrogen-bond donors (Lipinski definition) is 0. The Kier molecular flexibility index (Phi) is 10.0. The lowest BCUT2D eigenvalue weighted by atomic mass is 10.0. The molecule has 0 aromatic rings. The fourth-order valence-corrected chi connectivity index (χ4v) is 2.22. The molecule has 0 N–H and O–H groups in total. The van der Waals surface area contributed by atoms with E-state index in [2.05, 4.69) is 44.4 Å². The second-order valence-electron chi connectivity index (χ2n) is 4.76. The molecule has 16 heavy (non-hydrogen) atoms. The normalized spacial score (nSPS) is 13.7. The third-order valence-corrected chi connectivity index (χ3v) is 3.53. The first-order valence-corrected chi connectivity index (χ1v) is 7.12. The standard InChI is InChI=1S/C14H32N2/c1-6-15(7-2)12-10-11-14(5)13-16(8-3)9-4/h14H,6-13H2,1-5H3. The van der Waals surface area contributed by atoms with E-state index in [0.717, 1.165) is 5.92 Å². The van der Waals surface area contributed by atoms with Gasteiger partial charge in [-0.1, -0.05) is 34.6 Å². The molecule has 0 rings (SSSR count). The molecule has 0 saturated carbocycles. The van der Waals surface area contributed by atoms with E-state index in [1.807, 2.05) is 0 Å². The predicted molar refractivity (Wildman–Crippen MR) is 74.0 cm³/mol. The first kappa shape index (κ1) is 15.9. The smallest absolute Gasteiger partial charge is 0.000679 e. The minimum absolute atomic E-state index is 0.843. The van der Waals surface area contributed by atoms with E-state index in [4.69, 9.17) is 0 Å². The average molecular weight is 228 g/mol. The van der Waals surface area contributed by atoms with Gasteiger partial charge in [-0.3, -0.25) is 0 Å². The molecule has 0 amide bonds. The molecule has 2 nitrogen and oxygen atoms in total. The fraction of sp³-hybridized carbons (Fsp3) is 1.00. The molecule has 98 valence electrons. The van der Waals surface area contributed by atoms with Crippen molar-refractivity contribution in [3.8, 4) is 0 Å². The van der Waals surface area contributed by atoms with Gasteiger partial charge in [-0.15, -0.1) is 0 Å². The van der Waals surface area contributed by atoms with Gasteiger partial charge in [0.1, 0.15) is 0 Å². The third-order valence-electron chi connectivity index (χ3n) is 3.53. The van der Waals surface area contributed by atoms with E-state index < -0.39 is 0 Å². The van der Waals surface area contributed by atoms with Gasteiger partial charge in [0.2, 0.25) is 0 Å². The summed E-state index contributed by atoms with van der Waals surface area (Å²) in [5.41, 5.74) is 0. The average Bonchev–Trinajstić information content (AvgIpc) is 2.31. The summed E-state index contributed by atoms with van der Waals surface area (Å²) in [7, 11) is 0. The molecule has 0 aliphatic rings. The third kappa shape index (κ3) is 7.24. The molecule has 0 aromatic carbocycles. The van der Waals surface area contributed by atoms with Gasteiger partial charge in [0.15, 0.2) is 0 Å². The highest BCUT2D eigenvalue weighted by molar-refractivity contribution is 4.62. The lowest BCUT2D eigenvalue weighted by Crippen LogP contribution is -2.29. The van der Waals surface area contributed by atoms with Crippen LogP contribution in [0.15, 0.2) is 0 Å². The van der Waals surface area contributed by atoms with Crippen molar-refractivity contribution in [3.63, 3.8) is 0 Å². The van der Waals surface area contributed by atoms with Gasteiger partial charge in [-0.2, -0.15) is 0 Å². The number of nitrogens with zero attached hydrogens (tertiary/aromatic N) is 2. The van der Waals surface area contributed by atoms with Gasteiger partial charge >= 0.3 is 0 Å². The van der Waals surface area contributed by atoms with Crippen LogP contribution in [0.25, 0.3) is 0 Å². The molecular formula is C14H32N2.